The molecule has 7 nitrogen and oxygen atoms in total. The summed E-state index contributed by atoms with van der Waals surface area (Å²) in [6, 6.07) is 11.4. The molecule has 0 bridgehead atoms. The van der Waals surface area contributed by atoms with Crippen molar-refractivity contribution in [3.8, 4) is 5.69 Å². The zero-order valence-electron chi connectivity index (χ0n) is 14.4. The first kappa shape index (κ1) is 17.8. The summed E-state index contributed by atoms with van der Waals surface area (Å²) in [6.45, 7) is 0.0628. The van der Waals surface area contributed by atoms with Gasteiger partial charge in [0.2, 0.25) is 0 Å². The molecule has 26 heavy (non-hydrogen) atoms. The van der Waals surface area contributed by atoms with E-state index < -0.39 is 17.3 Å². The molecule has 1 aliphatic rings. The maximum atomic E-state index is 12.5. The van der Waals surface area contributed by atoms with Gasteiger partial charge >= 0.3 is 5.97 Å². The molecule has 0 saturated heterocycles. The summed E-state index contributed by atoms with van der Waals surface area (Å²) in [7, 11) is 0. The predicted molar refractivity (Wildman–Crippen MR) is 95.3 cm³/mol. The van der Waals surface area contributed by atoms with Crippen molar-refractivity contribution < 1.29 is 14.7 Å². The number of hydrogen-bond donors (Lipinski definition) is 2. The van der Waals surface area contributed by atoms with E-state index in [1.165, 1.54) is 12.1 Å². The number of amides is 1. The molecule has 1 saturated carbocycles. The van der Waals surface area contributed by atoms with Gasteiger partial charge in [0.05, 0.1) is 11.1 Å². The molecular weight excluding hydrogens is 334 g/mol. The van der Waals surface area contributed by atoms with Crippen LogP contribution < -0.4 is 10.9 Å². The van der Waals surface area contributed by atoms with Crippen molar-refractivity contribution in [1.82, 2.24) is 15.1 Å². The average Bonchev–Trinajstić information content (AvgIpc) is 2.68. The second kappa shape index (κ2) is 7.51. The first-order valence-electron chi connectivity index (χ1n) is 8.69. The number of rotatable bonds is 5. The maximum Gasteiger partial charge on any atom is 0.311 e. The third-order valence-corrected chi connectivity index (χ3v) is 4.89. The fourth-order valence-electron chi connectivity index (χ4n) is 3.32. The molecule has 1 fully saturated rings. The number of carboxylic acid groups (broad SMARTS) is 1. The van der Waals surface area contributed by atoms with Crippen LogP contribution in [0, 0.1) is 5.41 Å². The highest BCUT2D eigenvalue weighted by atomic mass is 16.4. The van der Waals surface area contributed by atoms with E-state index in [9.17, 15) is 19.5 Å². The lowest BCUT2D eigenvalue weighted by molar-refractivity contribution is -0.150. The fraction of sp³-hybridized carbons (Fsp3) is 0.368. The van der Waals surface area contributed by atoms with Crippen molar-refractivity contribution in [3.05, 3.63) is 58.5 Å². The van der Waals surface area contributed by atoms with Crippen molar-refractivity contribution in [2.45, 2.75) is 32.1 Å². The highest BCUT2D eigenvalue weighted by Gasteiger charge is 2.39. The molecule has 2 aromatic rings. The lowest BCUT2D eigenvalue weighted by Crippen LogP contribution is -2.44. The number of carbonyl (C=O) groups is 2. The Balaban J connectivity index is 1.78. The van der Waals surface area contributed by atoms with Gasteiger partial charge in [0.25, 0.3) is 11.5 Å². The summed E-state index contributed by atoms with van der Waals surface area (Å²) in [6.07, 6.45) is 3.82. The Morgan fingerprint density at radius 1 is 1.08 bits per heavy atom. The van der Waals surface area contributed by atoms with Crippen LogP contribution in [0.25, 0.3) is 5.69 Å². The van der Waals surface area contributed by atoms with Crippen molar-refractivity contribution in [1.29, 1.82) is 0 Å². The van der Waals surface area contributed by atoms with Gasteiger partial charge in [-0.05, 0) is 31.0 Å². The number of aromatic nitrogens is 2. The van der Waals surface area contributed by atoms with Gasteiger partial charge in [-0.2, -0.15) is 9.78 Å². The van der Waals surface area contributed by atoms with Crippen LogP contribution in [0.5, 0.6) is 0 Å². The number of carboxylic acids is 1. The predicted octanol–water partition coefficient (Wildman–Crippen LogP) is 2.00. The second-order valence-corrected chi connectivity index (χ2v) is 6.63. The first-order valence-corrected chi connectivity index (χ1v) is 8.69. The average molecular weight is 355 g/mol. The van der Waals surface area contributed by atoms with Gasteiger partial charge in [0.15, 0.2) is 0 Å². The normalized spacial score (nSPS) is 16.0. The number of nitrogens with zero attached hydrogens (tertiary/aromatic N) is 2. The van der Waals surface area contributed by atoms with Crippen LogP contribution in [-0.2, 0) is 4.79 Å². The number of aliphatic carboxylic acids is 1. The zero-order chi connectivity index (χ0) is 18.6. The molecule has 0 atom stereocenters. The Labute approximate surface area is 150 Å². The summed E-state index contributed by atoms with van der Waals surface area (Å²) >= 11 is 0. The van der Waals surface area contributed by atoms with Crippen molar-refractivity contribution in [2.75, 3.05) is 6.54 Å². The maximum absolute atomic E-state index is 12.5. The Kier molecular flexibility index (Phi) is 5.16. The minimum atomic E-state index is -0.915. The Morgan fingerprint density at radius 3 is 2.42 bits per heavy atom. The quantitative estimate of drug-likeness (QED) is 0.854. The molecule has 3 rings (SSSR count). The van der Waals surface area contributed by atoms with Gasteiger partial charge in [-0.1, -0.05) is 37.5 Å². The van der Waals surface area contributed by atoms with Gasteiger partial charge in [-0.3, -0.25) is 14.4 Å². The molecule has 1 heterocycles. The standard InChI is InChI=1S/C19H21N3O4/c23-16-10-9-15(21-22(16)14-7-3-1-4-8-14)17(24)20-13-19(18(25)26)11-5-2-6-12-19/h1,3-4,7-10H,2,5-6,11-13H2,(H,20,24)(H,25,26). The van der Waals surface area contributed by atoms with Gasteiger partial charge in [-0.15, -0.1) is 0 Å². The summed E-state index contributed by atoms with van der Waals surface area (Å²) in [5.74, 6) is -1.36. The largest absolute Gasteiger partial charge is 0.481 e. The summed E-state index contributed by atoms with van der Waals surface area (Å²) in [4.78, 5) is 36.2. The van der Waals surface area contributed by atoms with E-state index in [-0.39, 0.29) is 17.8 Å². The van der Waals surface area contributed by atoms with Crippen LogP contribution in [0.4, 0.5) is 0 Å². The van der Waals surface area contributed by atoms with E-state index in [0.717, 1.165) is 23.9 Å². The zero-order valence-corrected chi connectivity index (χ0v) is 14.4. The van der Waals surface area contributed by atoms with Crippen LogP contribution in [0.2, 0.25) is 0 Å². The van der Waals surface area contributed by atoms with E-state index in [0.29, 0.717) is 18.5 Å². The van der Waals surface area contributed by atoms with E-state index in [4.69, 9.17) is 0 Å². The molecule has 1 aromatic heterocycles. The molecule has 7 heteroatoms. The SMILES string of the molecule is O=C(NCC1(C(=O)O)CCCCC1)c1ccc(=O)n(-c2ccccc2)n1. The molecule has 0 aliphatic heterocycles. The van der Waals surface area contributed by atoms with Crippen LogP contribution in [0.3, 0.4) is 0 Å². The van der Waals surface area contributed by atoms with Crippen LogP contribution in [-0.4, -0.2) is 33.3 Å². The van der Waals surface area contributed by atoms with Gasteiger partial charge in [0.1, 0.15) is 5.69 Å². The van der Waals surface area contributed by atoms with Crippen molar-refractivity contribution in [2.24, 2.45) is 5.41 Å². The Morgan fingerprint density at radius 2 is 1.77 bits per heavy atom. The molecule has 0 radical (unpaired) electrons. The van der Waals surface area contributed by atoms with Gasteiger partial charge in [-0.25, -0.2) is 0 Å². The third-order valence-electron chi connectivity index (χ3n) is 4.89. The number of hydrogen-bond acceptors (Lipinski definition) is 4. The summed E-state index contributed by atoms with van der Waals surface area (Å²) < 4.78 is 1.16. The van der Waals surface area contributed by atoms with E-state index in [2.05, 4.69) is 10.4 Å². The molecule has 1 amide bonds. The minimum Gasteiger partial charge on any atom is -0.481 e. The van der Waals surface area contributed by atoms with E-state index in [1.807, 2.05) is 6.07 Å². The smallest absolute Gasteiger partial charge is 0.311 e. The van der Waals surface area contributed by atoms with Crippen molar-refractivity contribution >= 4 is 11.9 Å². The molecule has 0 spiro atoms. The number of para-hydroxylation sites is 1. The minimum absolute atomic E-state index is 0.0628. The molecular formula is C19H21N3O4. The Hall–Kier alpha value is -2.96. The molecule has 0 unspecified atom stereocenters. The lowest BCUT2D eigenvalue weighted by Gasteiger charge is -2.33. The van der Waals surface area contributed by atoms with Crippen LogP contribution in [0.15, 0.2) is 47.3 Å². The van der Waals surface area contributed by atoms with Gasteiger partial charge < -0.3 is 10.4 Å². The fourth-order valence-corrected chi connectivity index (χ4v) is 3.32. The Bertz CT molecular complexity index is 855. The van der Waals surface area contributed by atoms with Gasteiger partial charge in [0, 0.05) is 12.6 Å². The molecule has 2 N–H and O–H groups in total. The third kappa shape index (κ3) is 3.66. The van der Waals surface area contributed by atoms with E-state index in [1.54, 1.807) is 24.3 Å². The highest BCUT2D eigenvalue weighted by Crippen LogP contribution is 2.36. The topological polar surface area (TPSA) is 101 Å². The summed E-state index contributed by atoms with van der Waals surface area (Å²) in [5.41, 5.74) is -0.629. The molecule has 1 aliphatic carbocycles. The molecule has 136 valence electrons. The van der Waals surface area contributed by atoms with E-state index >= 15 is 0 Å². The monoisotopic (exact) mass is 355 g/mol. The number of carbonyl (C=O) groups excluding carboxylic acids is 1. The lowest BCUT2D eigenvalue weighted by atomic mass is 9.74. The van der Waals surface area contributed by atoms with Crippen LogP contribution >= 0.6 is 0 Å². The second-order valence-electron chi connectivity index (χ2n) is 6.63. The summed E-state index contributed by atoms with van der Waals surface area (Å²) in [5, 5.41) is 16.4. The van der Waals surface area contributed by atoms with Crippen LogP contribution in [0.1, 0.15) is 42.6 Å². The highest BCUT2D eigenvalue weighted by molar-refractivity contribution is 5.92. The molecule has 1 aromatic carbocycles. The number of benzene rings is 1. The number of nitrogens with one attached hydrogen (secondary N) is 1. The van der Waals surface area contributed by atoms with Crippen molar-refractivity contribution in [3.63, 3.8) is 0 Å². The first-order chi connectivity index (χ1) is 12.5.